The quantitative estimate of drug-likeness (QED) is 0.400. The molecule has 7 nitrogen and oxygen atoms in total. The smallest absolute Gasteiger partial charge is 0.161 e. The number of aliphatic hydroxyl groups is 2. The topological polar surface area (TPSA) is 77.0 Å². The first kappa shape index (κ1) is 18.4. The van der Waals surface area contributed by atoms with Crippen LogP contribution in [0.5, 0.6) is 11.5 Å². The number of piperazine rings is 1. The highest BCUT2D eigenvalue weighted by atomic mass is 16.6. The molecule has 1 fully saturated rings. The number of rotatable bonds is 8. The van der Waals surface area contributed by atoms with Gasteiger partial charge in [-0.25, -0.2) is 0 Å². The Morgan fingerprint density at radius 2 is 1.84 bits per heavy atom. The van der Waals surface area contributed by atoms with E-state index in [1.54, 1.807) is 0 Å². The molecule has 1 aromatic carbocycles. The predicted molar refractivity (Wildman–Crippen MR) is 91.4 cm³/mol. The molecule has 0 aromatic heterocycles. The number of hydrogen-bond donors (Lipinski definition) is 4. The van der Waals surface area contributed by atoms with E-state index in [0.29, 0.717) is 26.4 Å². The van der Waals surface area contributed by atoms with Gasteiger partial charge in [-0.05, 0) is 12.1 Å². The van der Waals surface area contributed by atoms with Gasteiger partial charge in [0.05, 0.1) is 19.8 Å². The van der Waals surface area contributed by atoms with E-state index in [-0.39, 0.29) is 12.7 Å². The molecule has 3 rings (SSSR count). The zero-order valence-electron chi connectivity index (χ0n) is 14.7. The van der Waals surface area contributed by atoms with Crippen LogP contribution in [0.25, 0.3) is 0 Å². The molecule has 2 heterocycles. The Balaban J connectivity index is 1.30. The van der Waals surface area contributed by atoms with E-state index < -0.39 is 6.10 Å². The zero-order chi connectivity index (χ0) is 17.5. The van der Waals surface area contributed by atoms with Crippen LogP contribution in [-0.2, 0) is 4.74 Å². The number of benzene rings is 1. The minimum Gasteiger partial charge on any atom is -0.486 e. The number of para-hydroxylation sites is 2. The molecule has 0 spiro atoms. The highest BCUT2D eigenvalue weighted by Crippen LogP contribution is 2.30. The average molecular weight is 354 g/mol. The van der Waals surface area contributed by atoms with Crippen LogP contribution in [-0.4, -0.2) is 88.1 Å². The standard InChI is InChI=1S/C18H28N2O5/c21-10-9-19-5-7-20(8-6-19)11-15(22)12-23-13-16-14-24-17-3-1-2-4-18(17)25-16/h1-4,15-16,21-22H,5-14H2/p+2/t15-,16+/m0/s1. The molecule has 0 bridgehead atoms. The molecule has 1 aromatic rings. The van der Waals surface area contributed by atoms with Crippen molar-refractivity contribution >= 4 is 0 Å². The van der Waals surface area contributed by atoms with Gasteiger partial charge < -0.3 is 34.2 Å². The van der Waals surface area contributed by atoms with Gasteiger partial charge in [0.25, 0.3) is 0 Å². The summed E-state index contributed by atoms with van der Waals surface area (Å²) in [5.41, 5.74) is 0. The normalized spacial score (nSPS) is 27.0. The Bertz CT molecular complexity index is 522. The molecule has 1 saturated heterocycles. The van der Waals surface area contributed by atoms with Crippen molar-refractivity contribution in [3.8, 4) is 11.5 Å². The van der Waals surface area contributed by atoms with Gasteiger partial charge in [-0.1, -0.05) is 12.1 Å². The van der Waals surface area contributed by atoms with Crippen molar-refractivity contribution in [1.82, 2.24) is 0 Å². The fourth-order valence-electron chi connectivity index (χ4n) is 3.44. The van der Waals surface area contributed by atoms with Crippen LogP contribution in [0.15, 0.2) is 24.3 Å². The van der Waals surface area contributed by atoms with E-state index in [4.69, 9.17) is 19.3 Å². The summed E-state index contributed by atoms with van der Waals surface area (Å²) < 4.78 is 17.1. The fraction of sp³-hybridized carbons (Fsp3) is 0.667. The van der Waals surface area contributed by atoms with Crippen LogP contribution < -0.4 is 19.3 Å². The van der Waals surface area contributed by atoms with Gasteiger partial charge in [-0.15, -0.1) is 0 Å². The zero-order valence-corrected chi connectivity index (χ0v) is 14.7. The van der Waals surface area contributed by atoms with Gasteiger partial charge in [0.1, 0.15) is 52.0 Å². The monoisotopic (exact) mass is 354 g/mol. The van der Waals surface area contributed by atoms with Crippen LogP contribution in [0.3, 0.4) is 0 Å². The summed E-state index contributed by atoms with van der Waals surface area (Å²) >= 11 is 0. The Morgan fingerprint density at radius 3 is 2.60 bits per heavy atom. The van der Waals surface area contributed by atoms with Crippen LogP contribution in [0.4, 0.5) is 0 Å². The molecule has 140 valence electrons. The summed E-state index contributed by atoms with van der Waals surface area (Å²) in [6.07, 6.45) is -0.605. The first-order valence-corrected chi connectivity index (χ1v) is 9.17. The van der Waals surface area contributed by atoms with Gasteiger partial charge in [0.15, 0.2) is 17.6 Å². The minimum absolute atomic E-state index is 0.139. The molecule has 2 aliphatic heterocycles. The molecule has 0 unspecified atom stereocenters. The molecule has 7 heteroatoms. The molecule has 0 amide bonds. The summed E-state index contributed by atoms with van der Waals surface area (Å²) in [6, 6.07) is 7.61. The molecule has 2 atom stereocenters. The van der Waals surface area contributed by atoms with E-state index in [9.17, 15) is 5.11 Å². The summed E-state index contributed by atoms with van der Waals surface area (Å²) in [5, 5.41) is 19.2. The Hall–Kier alpha value is -1.38. The van der Waals surface area contributed by atoms with Crippen molar-refractivity contribution < 1.29 is 34.2 Å². The molecule has 2 aliphatic rings. The van der Waals surface area contributed by atoms with Crippen LogP contribution in [0.2, 0.25) is 0 Å². The Morgan fingerprint density at radius 1 is 1.12 bits per heavy atom. The SMILES string of the molecule is OCC[NH+]1CC[NH+](C[C@H](O)COC[C@@H]2COc3ccccc3O2)CC1. The molecule has 0 aliphatic carbocycles. The first-order chi connectivity index (χ1) is 12.2. The van der Waals surface area contributed by atoms with E-state index in [1.807, 2.05) is 24.3 Å². The maximum Gasteiger partial charge on any atom is 0.161 e. The lowest BCUT2D eigenvalue weighted by Gasteiger charge is -2.30. The third kappa shape index (κ3) is 5.55. The van der Waals surface area contributed by atoms with Crippen molar-refractivity contribution in [2.45, 2.75) is 12.2 Å². The van der Waals surface area contributed by atoms with Crippen molar-refractivity contribution in [2.24, 2.45) is 0 Å². The number of aliphatic hydroxyl groups excluding tert-OH is 2. The van der Waals surface area contributed by atoms with Gasteiger partial charge in [0.2, 0.25) is 0 Å². The Kier molecular flexibility index (Phi) is 6.89. The van der Waals surface area contributed by atoms with Crippen molar-refractivity contribution in [3.63, 3.8) is 0 Å². The molecule has 25 heavy (non-hydrogen) atoms. The molecule has 0 saturated carbocycles. The lowest BCUT2D eigenvalue weighted by atomic mass is 10.2. The number of hydrogen-bond acceptors (Lipinski definition) is 5. The second-order valence-corrected chi connectivity index (χ2v) is 6.87. The van der Waals surface area contributed by atoms with Crippen molar-refractivity contribution in [2.75, 3.05) is 65.7 Å². The summed E-state index contributed by atoms with van der Waals surface area (Å²) in [5.74, 6) is 1.51. The van der Waals surface area contributed by atoms with E-state index in [1.165, 1.54) is 9.80 Å². The molecule has 0 radical (unpaired) electrons. The van der Waals surface area contributed by atoms with Gasteiger partial charge in [0, 0.05) is 0 Å². The van der Waals surface area contributed by atoms with Gasteiger partial charge >= 0.3 is 0 Å². The maximum atomic E-state index is 10.2. The van der Waals surface area contributed by atoms with Crippen LogP contribution in [0, 0.1) is 0 Å². The third-order valence-electron chi connectivity index (χ3n) is 4.84. The minimum atomic E-state index is -0.466. The van der Waals surface area contributed by atoms with E-state index in [2.05, 4.69) is 0 Å². The maximum absolute atomic E-state index is 10.2. The van der Waals surface area contributed by atoms with Gasteiger partial charge in [-0.3, -0.25) is 0 Å². The highest BCUT2D eigenvalue weighted by Gasteiger charge is 2.25. The average Bonchev–Trinajstić information content (AvgIpc) is 2.63. The lowest BCUT2D eigenvalue weighted by Crippen LogP contribution is -3.28. The van der Waals surface area contributed by atoms with E-state index >= 15 is 0 Å². The third-order valence-corrected chi connectivity index (χ3v) is 4.84. The molecular weight excluding hydrogens is 324 g/mol. The predicted octanol–water partition coefficient (Wildman–Crippen LogP) is -3.02. The second-order valence-electron chi connectivity index (χ2n) is 6.87. The van der Waals surface area contributed by atoms with E-state index in [0.717, 1.165) is 44.2 Å². The van der Waals surface area contributed by atoms with Crippen molar-refractivity contribution in [1.29, 1.82) is 0 Å². The number of fused-ring (bicyclic) bond motifs is 1. The fourth-order valence-corrected chi connectivity index (χ4v) is 3.44. The summed E-state index contributed by atoms with van der Waals surface area (Å²) in [7, 11) is 0. The van der Waals surface area contributed by atoms with Gasteiger partial charge in [-0.2, -0.15) is 0 Å². The summed E-state index contributed by atoms with van der Waals surface area (Å²) in [4.78, 5) is 2.86. The van der Waals surface area contributed by atoms with Crippen LogP contribution >= 0.6 is 0 Å². The number of nitrogens with one attached hydrogen (secondary N) is 2. The van der Waals surface area contributed by atoms with Crippen LogP contribution in [0.1, 0.15) is 0 Å². The first-order valence-electron chi connectivity index (χ1n) is 9.17. The summed E-state index contributed by atoms with van der Waals surface area (Å²) in [6.45, 7) is 7.14. The largest absolute Gasteiger partial charge is 0.486 e. The Labute approximate surface area is 148 Å². The second kappa shape index (κ2) is 9.35. The molecule has 4 N–H and O–H groups in total. The number of ether oxygens (including phenoxy) is 3. The number of quaternary nitrogens is 2. The molecular formula is C18H30N2O5+2. The lowest BCUT2D eigenvalue weighted by molar-refractivity contribution is -1.01. The van der Waals surface area contributed by atoms with Crippen molar-refractivity contribution in [3.05, 3.63) is 24.3 Å². The highest BCUT2D eigenvalue weighted by molar-refractivity contribution is 5.40.